The highest BCUT2D eigenvalue weighted by molar-refractivity contribution is 5.77. The number of hydrogen-bond donors (Lipinski definition) is 2. The molecule has 2 heterocycles. The van der Waals surface area contributed by atoms with Crippen molar-refractivity contribution < 1.29 is 18.9 Å². The molecule has 2 aromatic carbocycles. The first-order chi connectivity index (χ1) is 17.0. The van der Waals surface area contributed by atoms with Crippen molar-refractivity contribution in [1.29, 1.82) is 0 Å². The monoisotopic (exact) mass is 478 g/mol. The summed E-state index contributed by atoms with van der Waals surface area (Å²) in [4.78, 5) is 15.4. The number of rotatable bonds is 9. The van der Waals surface area contributed by atoms with Crippen LogP contribution in [0, 0.1) is 0 Å². The highest BCUT2D eigenvalue weighted by Gasteiger charge is 2.22. The molecule has 1 aromatic heterocycles. The first kappa shape index (κ1) is 24.1. The van der Waals surface area contributed by atoms with Crippen molar-refractivity contribution in [3.63, 3.8) is 0 Å². The van der Waals surface area contributed by atoms with Crippen molar-refractivity contribution in [3.05, 3.63) is 53.9 Å². The number of para-hydroxylation sites is 2. The molecule has 0 saturated heterocycles. The van der Waals surface area contributed by atoms with Crippen LogP contribution in [0.15, 0.2) is 42.5 Å². The van der Waals surface area contributed by atoms with Crippen LogP contribution in [0.1, 0.15) is 17.8 Å². The summed E-state index contributed by atoms with van der Waals surface area (Å²) in [6, 6.07) is 11.3. The summed E-state index contributed by atoms with van der Waals surface area (Å²) in [5.41, 5.74) is 8.83. The van der Waals surface area contributed by atoms with Gasteiger partial charge < -0.3 is 30.0 Å². The van der Waals surface area contributed by atoms with Crippen molar-refractivity contribution >= 4 is 23.2 Å². The van der Waals surface area contributed by atoms with Gasteiger partial charge in [-0.2, -0.15) is 15.0 Å². The minimum atomic E-state index is 0.161. The number of nitrogens with one attached hydrogen (secondary N) is 1. The van der Waals surface area contributed by atoms with Gasteiger partial charge in [-0.05, 0) is 24.1 Å². The predicted octanol–water partition coefficient (Wildman–Crippen LogP) is 3.52. The number of nitrogens with zero attached hydrogens (tertiary/aromatic N) is 4. The second-order valence-corrected chi connectivity index (χ2v) is 7.88. The molecule has 3 aromatic rings. The molecular weight excluding hydrogens is 448 g/mol. The molecule has 1 aliphatic rings. The fraction of sp³-hybridized carbons (Fsp3) is 0.320. The van der Waals surface area contributed by atoms with Crippen LogP contribution in [-0.2, 0) is 6.54 Å². The van der Waals surface area contributed by atoms with E-state index in [2.05, 4.69) is 31.2 Å². The molecule has 0 radical (unpaired) electrons. The van der Waals surface area contributed by atoms with Gasteiger partial charge in [0.1, 0.15) is 28.8 Å². The van der Waals surface area contributed by atoms with Crippen molar-refractivity contribution in [2.45, 2.75) is 13.0 Å². The van der Waals surface area contributed by atoms with Gasteiger partial charge in [0, 0.05) is 25.2 Å². The zero-order valence-electron chi connectivity index (χ0n) is 20.4. The van der Waals surface area contributed by atoms with Gasteiger partial charge in [0.25, 0.3) is 0 Å². The molecule has 0 atom stereocenters. The summed E-state index contributed by atoms with van der Waals surface area (Å²) in [5, 5.41) is 3.17. The van der Waals surface area contributed by atoms with Crippen LogP contribution >= 0.6 is 0 Å². The summed E-state index contributed by atoms with van der Waals surface area (Å²) in [5.74, 6) is 3.94. The highest BCUT2D eigenvalue weighted by Crippen LogP contribution is 2.41. The molecule has 184 valence electrons. The number of benzene rings is 2. The average molecular weight is 479 g/mol. The Morgan fingerprint density at radius 3 is 2.26 bits per heavy atom. The fourth-order valence-electron chi connectivity index (χ4n) is 4.04. The van der Waals surface area contributed by atoms with Gasteiger partial charge in [0.05, 0.1) is 46.2 Å². The average Bonchev–Trinajstić information content (AvgIpc) is 2.88. The van der Waals surface area contributed by atoms with Gasteiger partial charge in [-0.1, -0.05) is 18.2 Å². The molecule has 0 spiro atoms. The van der Waals surface area contributed by atoms with E-state index in [4.69, 9.17) is 24.7 Å². The second kappa shape index (κ2) is 10.9. The molecule has 0 aliphatic carbocycles. The number of aromatic nitrogens is 3. The minimum Gasteiger partial charge on any atom is -0.496 e. The van der Waals surface area contributed by atoms with Crippen molar-refractivity contribution in [3.8, 4) is 23.0 Å². The molecule has 35 heavy (non-hydrogen) atoms. The molecular formula is C25H30N6O4. The summed E-state index contributed by atoms with van der Waals surface area (Å²) >= 11 is 0. The van der Waals surface area contributed by atoms with Crippen LogP contribution in [0.5, 0.6) is 23.0 Å². The second-order valence-electron chi connectivity index (χ2n) is 7.88. The Balaban J connectivity index is 1.50. The minimum absolute atomic E-state index is 0.161. The van der Waals surface area contributed by atoms with Gasteiger partial charge in [0.2, 0.25) is 11.9 Å². The first-order valence-electron chi connectivity index (χ1n) is 11.2. The van der Waals surface area contributed by atoms with E-state index in [-0.39, 0.29) is 5.95 Å². The maximum atomic E-state index is 5.97. The summed E-state index contributed by atoms with van der Waals surface area (Å²) in [7, 11) is 6.53. The molecule has 0 unspecified atom stereocenters. The Bertz CT molecular complexity index is 1190. The molecule has 0 saturated carbocycles. The third kappa shape index (κ3) is 5.55. The van der Waals surface area contributed by atoms with Crippen LogP contribution in [-0.4, -0.2) is 61.4 Å². The van der Waals surface area contributed by atoms with Gasteiger partial charge in [0.15, 0.2) is 0 Å². The third-order valence-electron chi connectivity index (χ3n) is 5.75. The zero-order chi connectivity index (χ0) is 24.8. The molecule has 10 heteroatoms. The topological polar surface area (TPSA) is 117 Å². The summed E-state index contributed by atoms with van der Waals surface area (Å²) in [6.07, 6.45) is 2.99. The molecule has 0 bridgehead atoms. The Morgan fingerprint density at radius 2 is 1.63 bits per heavy atom. The van der Waals surface area contributed by atoms with E-state index in [0.29, 0.717) is 36.4 Å². The van der Waals surface area contributed by atoms with E-state index in [1.807, 2.05) is 36.4 Å². The lowest BCUT2D eigenvalue weighted by Crippen LogP contribution is -2.29. The summed E-state index contributed by atoms with van der Waals surface area (Å²) in [6.45, 7) is 2.06. The van der Waals surface area contributed by atoms with Gasteiger partial charge >= 0.3 is 0 Å². The van der Waals surface area contributed by atoms with Crippen molar-refractivity contribution in [2.75, 3.05) is 52.6 Å². The van der Waals surface area contributed by atoms with Crippen LogP contribution in [0.3, 0.4) is 0 Å². The van der Waals surface area contributed by atoms with Gasteiger partial charge in [-0.15, -0.1) is 0 Å². The molecule has 3 N–H and O–H groups in total. The standard InChI is InChI=1S/C25H30N6O4/c1-32-17-13-20(34-3)23(21(14-17)35-4)16-9-11-31(12-10-16)15-22-28-24(26)30-25(29-22)27-18-7-5-6-8-19(18)33-2/h5-9,13-14H,10-12,15H2,1-4H3,(H3,26,27,28,29,30). The van der Waals surface area contributed by atoms with E-state index in [1.165, 1.54) is 0 Å². The number of methoxy groups -OCH3 is 4. The first-order valence-corrected chi connectivity index (χ1v) is 11.2. The van der Waals surface area contributed by atoms with Gasteiger partial charge in [-0.25, -0.2) is 0 Å². The Kier molecular flexibility index (Phi) is 7.51. The largest absolute Gasteiger partial charge is 0.496 e. The van der Waals surface area contributed by atoms with E-state index in [9.17, 15) is 0 Å². The van der Waals surface area contributed by atoms with Crippen LogP contribution in [0.4, 0.5) is 17.6 Å². The molecule has 4 rings (SSSR count). The predicted molar refractivity (Wildman–Crippen MR) is 134 cm³/mol. The van der Waals surface area contributed by atoms with E-state index in [0.717, 1.165) is 41.3 Å². The quantitative estimate of drug-likeness (QED) is 0.473. The van der Waals surface area contributed by atoms with E-state index in [1.54, 1.807) is 28.4 Å². The highest BCUT2D eigenvalue weighted by atomic mass is 16.5. The Labute approximate surface area is 204 Å². The van der Waals surface area contributed by atoms with Crippen LogP contribution < -0.4 is 30.0 Å². The lowest BCUT2D eigenvalue weighted by molar-refractivity contribution is 0.286. The molecule has 1 aliphatic heterocycles. The Morgan fingerprint density at radius 1 is 0.914 bits per heavy atom. The zero-order valence-corrected chi connectivity index (χ0v) is 20.4. The third-order valence-corrected chi connectivity index (χ3v) is 5.75. The van der Waals surface area contributed by atoms with E-state index < -0.39 is 0 Å². The SMILES string of the molecule is COc1cc(OC)c(C2=CCN(Cc3nc(N)nc(Nc4ccccc4OC)n3)CC2)c(OC)c1. The molecule has 10 nitrogen and oxygen atoms in total. The van der Waals surface area contributed by atoms with Crippen molar-refractivity contribution in [1.82, 2.24) is 19.9 Å². The number of ether oxygens (including phenoxy) is 4. The van der Waals surface area contributed by atoms with Crippen LogP contribution in [0.2, 0.25) is 0 Å². The lowest BCUT2D eigenvalue weighted by atomic mass is 9.97. The van der Waals surface area contributed by atoms with Crippen molar-refractivity contribution in [2.24, 2.45) is 0 Å². The maximum absolute atomic E-state index is 5.97. The smallest absolute Gasteiger partial charge is 0.232 e. The maximum Gasteiger partial charge on any atom is 0.232 e. The van der Waals surface area contributed by atoms with Gasteiger partial charge in [-0.3, -0.25) is 4.90 Å². The fourth-order valence-corrected chi connectivity index (χ4v) is 4.04. The van der Waals surface area contributed by atoms with E-state index >= 15 is 0 Å². The number of hydrogen-bond acceptors (Lipinski definition) is 10. The lowest BCUT2D eigenvalue weighted by Gasteiger charge is -2.27. The number of anilines is 3. The van der Waals surface area contributed by atoms with Crippen LogP contribution in [0.25, 0.3) is 5.57 Å². The summed E-state index contributed by atoms with van der Waals surface area (Å²) < 4.78 is 22.0. The normalized spacial score (nSPS) is 13.7. The molecule has 0 fully saturated rings. The molecule has 0 amide bonds. The Hall–Kier alpha value is -4.05. The number of nitrogens with two attached hydrogens (primary N) is 1. The number of nitrogen functional groups attached to an aromatic ring is 1.